The lowest BCUT2D eigenvalue weighted by atomic mass is 10.0. The maximum absolute atomic E-state index is 6.06. The van der Waals surface area contributed by atoms with E-state index in [1.807, 2.05) is 54.7 Å². The van der Waals surface area contributed by atoms with E-state index in [2.05, 4.69) is 33.5 Å². The Bertz CT molecular complexity index is 1190. The molecule has 0 saturated carbocycles. The standard InChI is InChI=1S/C26H25N3O2/c1-2-9-25-22(6-1)16-28-26(29-25)18-31-23-8-3-5-19(13-23)17-30-24-11-10-21-15-27-12-4-7-20(21)14-24/h1-3,5-6,8-11,13-14,16,27H,4,7,12,15,17-18H2. The van der Waals surface area contributed by atoms with Crippen LogP contribution in [0.25, 0.3) is 10.9 Å². The largest absolute Gasteiger partial charge is 0.489 e. The lowest BCUT2D eigenvalue weighted by Crippen LogP contribution is -2.11. The van der Waals surface area contributed by atoms with Gasteiger partial charge in [0.05, 0.1) is 5.52 Å². The summed E-state index contributed by atoms with van der Waals surface area (Å²) in [6.07, 6.45) is 4.10. The average molecular weight is 412 g/mol. The third-order valence-electron chi connectivity index (χ3n) is 5.50. The van der Waals surface area contributed by atoms with Crippen molar-refractivity contribution in [3.8, 4) is 11.5 Å². The van der Waals surface area contributed by atoms with Crippen molar-refractivity contribution in [3.63, 3.8) is 0 Å². The summed E-state index contributed by atoms with van der Waals surface area (Å²) in [6, 6.07) is 22.3. The Morgan fingerprint density at radius 1 is 0.839 bits per heavy atom. The van der Waals surface area contributed by atoms with Crippen molar-refractivity contribution in [2.75, 3.05) is 6.54 Å². The van der Waals surface area contributed by atoms with Crippen LogP contribution in [0.3, 0.4) is 0 Å². The molecule has 0 atom stereocenters. The van der Waals surface area contributed by atoms with Crippen LogP contribution in [0.1, 0.15) is 28.9 Å². The van der Waals surface area contributed by atoms with Gasteiger partial charge in [-0.2, -0.15) is 0 Å². The smallest absolute Gasteiger partial charge is 0.166 e. The summed E-state index contributed by atoms with van der Waals surface area (Å²) in [5.74, 6) is 2.36. The molecule has 2 heterocycles. The van der Waals surface area contributed by atoms with Gasteiger partial charge in [0.15, 0.2) is 5.82 Å². The number of aryl methyl sites for hydroxylation is 1. The molecule has 0 aliphatic carbocycles. The number of hydrogen-bond donors (Lipinski definition) is 1. The Kier molecular flexibility index (Phi) is 5.76. The molecular weight excluding hydrogens is 386 g/mol. The molecule has 4 aromatic rings. The minimum Gasteiger partial charge on any atom is -0.489 e. The lowest BCUT2D eigenvalue weighted by molar-refractivity contribution is 0.290. The molecule has 0 spiro atoms. The molecule has 5 heteroatoms. The Morgan fingerprint density at radius 3 is 2.74 bits per heavy atom. The van der Waals surface area contributed by atoms with E-state index in [4.69, 9.17) is 9.47 Å². The second-order valence-corrected chi connectivity index (χ2v) is 7.78. The first-order valence-electron chi connectivity index (χ1n) is 10.7. The van der Waals surface area contributed by atoms with Gasteiger partial charge in [0, 0.05) is 18.1 Å². The van der Waals surface area contributed by atoms with E-state index in [-0.39, 0.29) is 0 Å². The van der Waals surface area contributed by atoms with Gasteiger partial charge in [-0.15, -0.1) is 0 Å². The number of aromatic nitrogens is 2. The second kappa shape index (κ2) is 9.14. The predicted molar refractivity (Wildman–Crippen MR) is 121 cm³/mol. The van der Waals surface area contributed by atoms with E-state index >= 15 is 0 Å². The second-order valence-electron chi connectivity index (χ2n) is 7.78. The van der Waals surface area contributed by atoms with Gasteiger partial charge in [-0.1, -0.05) is 36.4 Å². The molecule has 0 bridgehead atoms. The van der Waals surface area contributed by atoms with Gasteiger partial charge in [0.25, 0.3) is 0 Å². The Morgan fingerprint density at radius 2 is 1.74 bits per heavy atom. The summed E-state index contributed by atoms with van der Waals surface area (Å²) in [6.45, 7) is 2.84. The van der Waals surface area contributed by atoms with Crippen molar-refractivity contribution in [2.45, 2.75) is 32.6 Å². The number of para-hydroxylation sites is 1. The van der Waals surface area contributed by atoms with Crippen LogP contribution in [-0.4, -0.2) is 16.5 Å². The highest BCUT2D eigenvalue weighted by atomic mass is 16.5. The fraction of sp³-hybridized carbons (Fsp3) is 0.231. The number of ether oxygens (including phenoxy) is 2. The van der Waals surface area contributed by atoms with E-state index in [9.17, 15) is 0 Å². The molecule has 3 aromatic carbocycles. The summed E-state index contributed by atoms with van der Waals surface area (Å²) in [4.78, 5) is 8.96. The van der Waals surface area contributed by atoms with Crippen LogP contribution in [-0.2, 0) is 26.2 Å². The molecule has 5 rings (SSSR count). The molecule has 31 heavy (non-hydrogen) atoms. The van der Waals surface area contributed by atoms with Crippen molar-refractivity contribution in [2.24, 2.45) is 0 Å². The highest BCUT2D eigenvalue weighted by molar-refractivity contribution is 5.77. The van der Waals surface area contributed by atoms with Crippen molar-refractivity contribution in [1.82, 2.24) is 15.3 Å². The summed E-state index contributed by atoms with van der Waals surface area (Å²) in [5, 5.41) is 4.48. The Balaban J connectivity index is 1.21. The molecule has 1 aliphatic heterocycles. The van der Waals surface area contributed by atoms with Crippen molar-refractivity contribution >= 4 is 10.9 Å². The van der Waals surface area contributed by atoms with E-state index in [1.54, 1.807) is 0 Å². The Labute approximate surface area is 182 Å². The average Bonchev–Trinajstić information content (AvgIpc) is 3.06. The van der Waals surface area contributed by atoms with Gasteiger partial charge in [-0.3, -0.25) is 0 Å². The molecule has 156 valence electrons. The minimum atomic E-state index is 0.327. The van der Waals surface area contributed by atoms with Gasteiger partial charge in [-0.05, 0) is 66.4 Å². The molecule has 0 saturated heterocycles. The van der Waals surface area contributed by atoms with E-state index in [0.29, 0.717) is 19.0 Å². The molecule has 0 amide bonds. The van der Waals surface area contributed by atoms with E-state index in [1.165, 1.54) is 11.1 Å². The third kappa shape index (κ3) is 4.84. The van der Waals surface area contributed by atoms with E-state index < -0.39 is 0 Å². The van der Waals surface area contributed by atoms with Crippen LogP contribution < -0.4 is 14.8 Å². The first-order chi connectivity index (χ1) is 15.3. The highest BCUT2D eigenvalue weighted by Gasteiger charge is 2.09. The van der Waals surface area contributed by atoms with Crippen LogP contribution in [0.2, 0.25) is 0 Å². The number of fused-ring (bicyclic) bond motifs is 2. The topological polar surface area (TPSA) is 56.3 Å². The Hall–Kier alpha value is -3.44. The maximum atomic E-state index is 6.06. The summed E-state index contributed by atoms with van der Waals surface area (Å²) in [5.41, 5.74) is 4.74. The van der Waals surface area contributed by atoms with Gasteiger partial charge in [-0.25, -0.2) is 9.97 Å². The van der Waals surface area contributed by atoms with Gasteiger partial charge in [0.1, 0.15) is 24.7 Å². The zero-order chi connectivity index (χ0) is 20.9. The summed E-state index contributed by atoms with van der Waals surface area (Å²) >= 11 is 0. The van der Waals surface area contributed by atoms with Gasteiger partial charge >= 0.3 is 0 Å². The van der Waals surface area contributed by atoms with Crippen LogP contribution in [0.15, 0.2) is 72.9 Å². The molecule has 0 unspecified atom stereocenters. The molecule has 1 aromatic heterocycles. The fourth-order valence-electron chi connectivity index (χ4n) is 3.84. The van der Waals surface area contributed by atoms with Gasteiger partial charge < -0.3 is 14.8 Å². The van der Waals surface area contributed by atoms with Crippen molar-refractivity contribution in [1.29, 1.82) is 0 Å². The molecule has 0 radical (unpaired) electrons. The summed E-state index contributed by atoms with van der Waals surface area (Å²) in [7, 11) is 0. The lowest BCUT2D eigenvalue weighted by Gasteiger charge is -2.12. The molecule has 0 fully saturated rings. The van der Waals surface area contributed by atoms with Crippen LogP contribution in [0.4, 0.5) is 0 Å². The SMILES string of the molecule is c1cc(COc2ccc3c(c2)CCCNC3)cc(OCc2ncc3ccccc3n2)c1. The summed E-state index contributed by atoms with van der Waals surface area (Å²) < 4.78 is 12.0. The molecular formula is C26H25N3O2. The first kappa shape index (κ1) is 19.5. The predicted octanol–water partition coefficient (Wildman–Crippen LogP) is 4.82. The van der Waals surface area contributed by atoms with Crippen molar-refractivity contribution < 1.29 is 9.47 Å². The highest BCUT2D eigenvalue weighted by Crippen LogP contribution is 2.23. The number of hydrogen-bond acceptors (Lipinski definition) is 5. The van der Waals surface area contributed by atoms with E-state index in [0.717, 1.165) is 53.9 Å². The number of benzene rings is 3. The monoisotopic (exact) mass is 411 g/mol. The number of nitrogens with one attached hydrogen (secondary N) is 1. The molecule has 1 aliphatic rings. The fourth-order valence-corrected chi connectivity index (χ4v) is 3.84. The normalized spacial score (nSPS) is 13.4. The quantitative estimate of drug-likeness (QED) is 0.493. The molecule has 5 nitrogen and oxygen atoms in total. The van der Waals surface area contributed by atoms with Gasteiger partial charge in [0.2, 0.25) is 0 Å². The van der Waals surface area contributed by atoms with Crippen LogP contribution >= 0.6 is 0 Å². The van der Waals surface area contributed by atoms with Crippen LogP contribution in [0.5, 0.6) is 11.5 Å². The number of rotatable bonds is 6. The zero-order valence-electron chi connectivity index (χ0n) is 17.4. The molecule has 1 N–H and O–H groups in total. The minimum absolute atomic E-state index is 0.327. The zero-order valence-corrected chi connectivity index (χ0v) is 17.4. The number of nitrogens with zero attached hydrogens (tertiary/aromatic N) is 2. The first-order valence-corrected chi connectivity index (χ1v) is 10.7. The third-order valence-corrected chi connectivity index (χ3v) is 5.50. The van der Waals surface area contributed by atoms with Crippen LogP contribution in [0, 0.1) is 0 Å². The van der Waals surface area contributed by atoms with Crippen molar-refractivity contribution in [3.05, 3.63) is 95.4 Å². The maximum Gasteiger partial charge on any atom is 0.166 e.